The first kappa shape index (κ1) is 31.6. The molecule has 0 radical (unpaired) electrons. The van der Waals surface area contributed by atoms with Gasteiger partial charge in [-0.15, -0.1) is 11.6 Å². The lowest BCUT2D eigenvalue weighted by Gasteiger charge is -2.56. The maximum Gasteiger partial charge on any atom is 0.312 e. The Morgan fingerprint density at radius 2 is 1.48 bits per heavy atom. The summed E-state index contributed by atoms with van der Waals surface area (Å²) in [5, 5.41) is 11.1. The van der Waals surface area contributed by atoms with Crippen LogP contribution < -0.4 is 0 Å². The molecule has 2 aliphatic carbocycles. The van der Waals surface area contributed by atoms with Gasteiger partial charge in [0.2, 0.25) is 0 Å². The Morgan fingerprint density at radius 3 is 2.00 bits per heavy atom. The summed E-state index contributed by atoms with van der Waals surface area (Å²) < 4.78 is 28.5. The minimum Gasteiger partial charge on any atom is -0.462 e. The van der Waals surface area contributed by atoms with E-state index in [1.165, 1.54) is 27.7 Å². The van der Waals surface area contributed by atoms with Crippen LogP contribution in [0.2, 0.25) is 0 Å². The molecule has 3 aliphatic rings. The topological polar surface area (TPSA) is 152 Å². The summed E-state index contributed by atoms with van der Waals surface area (Å²) in [5.41, 5.74) is -3.12. The fourth-order valence-electron chi connectivity index (χ4n) is 6.50. The molecule has 1 saturated heterocycles. The molecule has 12 heteroatoms. The molecule has 3 rings (SSSR count). The number of rotatable bonds is 4. The fourth-order valence-corrected chi connectivity index (χ4v) is 6.89. The molecule has 2 saturated carbocycles. The SMILES string of the molecule is C=C1C(OC(C)=O)CC(OC(C)=O)C2(C)C(OC(C)=O)CCC(=C)C2C(OC(C)=O)C2(O)C(C)C(=O)OC2C1Cl. The van der Waals surface area contributed by atoms with Gasteiger partial charge in [-0.1, -0.05) is 25.7 Å². The van der Waals surface area contributed by atoms with Crippen LogP contribution >= 0.6 is 11.6 Å². The number of fused-ring (bicyclic) bond motifs is 2. The van der Waals surface area contributed by atoms with Crippen molar-refractivity contribution in [2.45, 2.75) is 102 Å². The minimum atomic E-state index is -2.25. The van der Waals surface area contributed by atoms with Gasteiger partial charge in [-0.05, 0) is 25.3 Å². The average Bonchev–Trinajstić information content (AvgIpc) is 3.06. The number of alkyl halides is 1. The third kappa shape index (κ3) is 5.50. The molecule has 10 unspecified atom stereocenters. The van der Waals surface area contributed by atoms with Crippen molar-refractivity contribution in [3.8, 4) is 0 Å². The summed E-state index contributed by atoms with van der Waals surface area (Å²) in [6.07, 6.45) is -5.88. The van der Waals surface area contributed by atoms with Crippen LogP contribution in [0, 0.1) is 17.3 Å². The van der Waals surface area contributed by atoms with Gasteiger partial charge in [-0.25, -0.2) is 0 Å². The molecule has 40 heavy (non-hydrogen) atoms. The zero-order chi connectivity index (χ0) is 30.3. The van der Waals surface area contributed by atoms with Crippen molar-refractivity contribution < 1.29 is 52.8 Å². The van der Waals surface area contributed by atoms with E-state index in [-0.39, 0.29) is 24.8 Å². The van der Waals surface area contributed by atoms with Gasteiger partial charge < -0.3 is 28.8 Å². The Kier molecular flexibility index (Phi) is 9.10. The van der Waals surface area contributed by atoms with Crippen LogP contribution in [0.15, 0.2) is 24.3 Å². The maximum atomic E-state index is 13.0. The molecule has 1 N–H and O–H groups in total. The van der Waals surface area contributed by atoms with Crippen molar-refractivity contribution in [3.05, 3.63) is 24.3 Å². The van der Waals surface area contributed by atoms with Crippen LogP contribution in [0.25, 0.3) is 0 Å². The highest BCUT2D eigenvalue weighted by atomic mass is 35.5. The van der Waals surface area contributed by atoms with Gasteiger partial charge in [0.25, 0.3) is 0 Å². The van der Waals surface area contributed by atoms with E-state index in [0.29, 0.717) is 5.57 Å². The largest absolute Gasteiger partial charge is 0.462 e. The van der Waals surface area contributed by atoms with Gasteiger partial charge in [0.05, 0.1) is 16.7 Å². The number of hydrogen-bond donors (Lipinski definition) is 1. The summed E-state index contributed by atoms with van der Waals surface area (Å²) in [6, 6.07) is 0. The number of esters is 5. The molecule has 3 fully saturated rings. The molecule has 0 spiro atoms. The van der Waals surface area contributed by atoms with E-state index in [9.17, 15) is 29.1 Å². The Hall–Kier alpha value is -2.92. The van der Waals surface area contributed by atoms with Crippen LogP contribution in [0.1, 0.15) is 60.8 Å². The quantitative estimate of drug-likeness (QED) is 0.224. The summed E-state index contributed by atoms with van der Waals surface area (Å²) in [4.78, 5) is 62.4. The molecule has 1 heterocycles. The summed E-state index contributed by atoms with van der Waals surface area (Å²) in [5.74, 6) is -5.88. The smallest absolute Gasteiger partial charge is 0.312 e. The molecule has 0 aromatic carbocycles. The number of hydrogen-bond acceptors (Lipinski definition) is 11. The Balaban J connectivity index is 2.42. The summed E-state index contributed by atoms with van der Waals surface area (Å²) in [6.45, 7) is 16.0. The highest BCUT2D eigenvalue weighted by Crippen LogP contribution is 2.57. The van der Waals surface area contributed by atoms with E-state index in [1.807, 2.05) is 0 Å². The normalized spacial score (nSPS) is 39.6. The molecule has 11 nitrogen and oxygen atoms in total. The third-order valence-electron chi connectivity index (χ3n) is 8.41. The van der Waals surface area contributed by atoms with Crippen molar-refractivity contribution in [1.82, 2.24) is 0 Å². The average molecular weight is 585 g/mol. The predicted molar refractivity (Wildman–Crippen MR) is 140 cm³/mol. The first-order valence-corrected chi connectivity index (χ1v) is 13.5. The van der Waals surface area contributed by atoms with Crippen molar-refractivity contribution in [1.29, 1.82) is 0 Å². The Morgan fingerprint density at radius 1 is 0.950 bits per heavy atom. The highest BCUT2D eigenvalue weighted by molar-refractivity contribution is 6.23. The van der Waals surface area contributed by atoms with Gasteiger partial charge in [-0.2, -0.15) is 0 Å². The minimum absolute atomic E-state index is 0.0571. The molecular weight excluding hydrogens is 548 g/mol. The number of carbonyl (C=O) groups excluding carboxylic acids is 5. The number of ether oxygens (including phenoxy) is 5. The third-order valence-corrected chi connectivity index (χ3v) is 8.92. The lowest BCUT2D eigenvalue weighted by atomic mass is 9.54. The Labute approximate surface area is 238 Å². The number of carbonyl (C=O) groups is 5. The Bertz CT molecular complexity index is 1120. The van der Waals surface area contributed by atoms with Crippen LogP contribution in [0.5, 0.6) is 0 Å². The summed E-state index contributed by atoms with van der Waals surface area (Å²) in [7, 11) is 0. The second-order valence-corrected chi connectivity index (χ2v) is 11.5. The molecular formula is C28H37ClO11. The van der Waals surface area contributed by atoms with E-state index < -0.39 is 88.6 Å². The van der Waals surface area contributed by atoms with E-state index in [4.69, 9.17) is 35.3 Å². The fraction of sp³-hybridized carbons (Fsp3) is 0.679. The molecule has 0 aromatic rings. The second kappa shape index (κ2) is 11.5. The monoisotopic (exact) mass is 584 g/mol. The van der Waals surface area contributed by atoms with E-state index in [2.05, 4.69) is 13.2 Å². The van der Waals surface area contributed by atoms with E-state index in [0.717, 1.165) is 6.92 Å². The van der Waals surface area contributed by atoms with Crippen LogP contribution in [0.3, 0.4) is 0 Å². The zero-order valence-corrected chi connectivity index (χ0v) is 24.3. The molecule has 1 aliphatic heterocycles. The molecule has 0 amide bonds. The van der Waals surface area contributed by atoms with Gasteiger partial charge in [0.15, 0.2) is 11.7 Å². The predicted octanol–water partition coefficient (Wildman–Crippen LogP) is 2.55. The first-order valence-electron chi connectivity index (χ1n) is 13.1. The van der Waals surface area contributed by atoms with Gasteiger partial charge in [0, 0.05) is 40.0 Å². The highest BCUT2D eigenvalue weighted by Gasteiger charge is 2.69. The molecule has 10 atom stereocenters. The van der Waals surface area contributed by atoms with Crippen molar-refractivity contribution in [2.75, 3.05) is 0 Å². The molecule has 0 aromatic heterocycles. The maximum absolute atomic E-state index is 13.0. The zero-order valence-electron chi connectivity index (χ0n) is 23.6. The summed E-state index contributed by atoms with van der Waals surface area (Å²) >= 11 is 6.80. The second-order valence-electron chi connectivity index (χ2n) is 11.0. The van der Waals surface area contributed by atoms with Crippen LogP contribution in [-0.4, -0.2) is 76.5 Å². The lowest BCUT2D eigenvalue weighted by Crippen LogP contribution is -2.67. The van der Waals surface area contributed by atoms with Crippen molar-refractivity contribution in [2.24, 2.45) is 17.3 Å². The number of halogens is 1. The van der Waals surface area contributed by atoms with Crippen molar-refractivity contribution in [3.63, 3.8) is 0 Å². The number of aliphatic hydroxyl groups is 1. The standard InChI is InChI=1S/C28H37ClO11/c1-12-9-10-20(37-16(5)31)27(8)21(38-17(6)32)11-19(36-15(4)30)13(2)23(29)25-28(35,14(3)26(34)40-25)24(22(12)27)39-18(7)33/h14,19-25,35H,1-2,9-11H2,3-8H3. The molecule has 0 bridgehead atoms. The molecule has 222 valence electrons. The van der Waals surface area contributed by atoms with E-state index in [1.54, 1.807) is 6.92 Å². The van der Waals surface area contributed by atoms with Crippen LogP contribution in [-0.2, 0) is 47.7 Å². The first-order chi connectivity index (χ1) is 18.5. The van der Waals surface area contributed by atoms with Crippen LogP contribution in [0.4, 0.5) is 0 Å². The van der Waals surface area contributed by atoms with Gasteiger partial charge >= 0.3 is 29.8 Å². The van der Waals surface area contributed by atoms with Gasteiger partial charge in [0.1, 0.15) is 24.4 Å². The van der Waals surface area contributed by atoms with Crippen molar-refractivity contribution >= 4 is 41.4 Å². The van der Waals surface area contributed by atoms with Gasteiger partial charge in [-0.3, -0.25) is 24.0 Å². The lowest BCUT2D eigenvalue weighted by molar-refractivity contribution is -0.225. The van der Waals surface area contributed by atoms with E-state index >= 15 is 0 Å².